The second-order valence-corrected chi connectivity index (χ2v) is 7.18. The molecule has 2 heterocycles. The Morgan fingerprint density at radius 3 is 2.80 bits per heavy atom. The predicted octanol–water partition coefficient (Wildman–Crippen LogP) is 0.0740. The van der Waals surface area contributed by atoms with Crippen LogP contribution in [0.3, 0.4) is 0 Å². The first kappa shape index (κ1) is 20.1. The lowest BCUT2D eigenvalue weighted by atomic mass is 10.2. The van der Waals surface area contributed by atoms with Gasteiger partial charge in [0.05, 0.1) is 23.4 Å². The first-order valence-corrected chi connectivity index (χ1v) is 9.47. The van der Waals surface area contributed by atoms with Gasteiger partial charge >= 0.3 is 0 Å². The van der Waals surface area contributed by atoms with E-state index < -0.39 is 0 Å². The fraction of sp³-hybridized carbons (Fsp3) is 0.556. The van der Waals surface area contributed by atoms with Gasteiger partial charge in [-0.15, -0.1) is 0 Å². The Morgan fingerprint density at radius 2 is 2.12 bits per heavy atom. The number of halogens is 1. The third-order valence-corrected chi connectivity index (χ3v) is 5.39. The van der Waals surface area contributed by atoms with E-state index >= 15 is 0 Å². The molecule has 1 aliphatic heterocycles. The zero-order valence-electron chi connectivity index (χ0n) is 14.8. The van der Waals surface area contributed by atoms with Gasteiger partial charge in [-0.05, 0) is 25.0 Å². The number of nitrogens with zero attached hydrogens (tertiary/aromatic N) is 3. The van der Waals surface area contributed by atoms with Crippen LogP contribution in [0.1, 0.15) is 25.3 Å². The minimum absolute atomic E-state index is 0. The van der Waals surface area contributed by atoms with Crippen LogP contribution in [0.4, 0.5) is 5.13 Å². The van der Waals surface area contributed by atoms with Crippen LogP contribution in [0.2, 0.25) is 0 Å². The Bertz CT molecular complexity index is 701. The normalized spacial score (nSPS) is 15.1. The highest BCUT2D eigenvalue weighted by Gasteiger charge is 2.21. The smallest absolute Gasteiger partial charge is 0.228 e. The second-order valence-electron chi connectivity index (χ2n) is 6.17. The number of rotatable bonds is 6. The summed E-state index contributed by atoms with van der Waals surface area (Å²) in [5.74, 6) is 0.169. The Morgan fingerprint density at radius 1 is 1.36 bits per heavy atom. The van der Waals surface area contributed by atoms with Crippen LogP contribution in [0.15, 0.2) is 18.2 Å². The highest BCUT2D eigenvalue weighted by atomic mass is 35.5. The molecule has 138 valence electrons. The van der Waals surface area contributed by atoms with E-state index in [0.717, 1.165) is 60.2 Å². The number of para-hydroxylation sites is 1. The number of carbonyl (C=O) groups excluding carboxylic acids is 1. The lowest BCUT2D eigenvalue weighted by Gasteiger charge is -2.29. The fourth-order valence-corrected chi connectivity index (χ4v) is 4.02. The summed E-state index contributed by atoms with van der Waals surface area (Å²) in [5, 5.41) is 0.825. The van der Waals surface area contributed by atoms with E-state index in [9.17, 15) is 4.79 Å². The molecule has 1 aromatic heterocycles. The minimum Gasteiger partial charge on any atom is -1.00 e. The maximum absolute atomic E-state index is 12.6. The topological polar surface area (TPSA) is 45.7 Å². The van der Waals surface area contributed by atoms with Gasteiger partial charge in [0.1, 0.15) is 0 Å². The third-order valence-electron chi connectivity index (χ3n) is 4.35. The summed E-state index contributed by atoms with van der Waals surface area (Å²) in [5.41, 5.74) is 2.17. The average Bonchev–Trinajstić information content (AvgIpc) is 3.01. The molecule has 0 bridgehead atoms. The zero-order valence-corrected chi connectivity index (χ0v) is 16.4. The SMILES string of the molecule is CCCC(=O)N(CCN1CCOCC1)c1nc2c(C)cccc2s1.[Cl-]. The number of ether oxygens (including phenoxy) is 1. The van der Waals surface area contributed by atoms with E-state index in [1.54, 1.807) is 11.3 Å². The molecule has 7 heteroatoms. The molecule has 0 radical (unpaired) electrons. The van der Waals surface area contributed by atoms with Crippen molar-refractivity contribution in [3.63, 3.8) is 0 Å². The van der Waals surface area contributed by atoms with E-state index in [4.69, 9.17) is 9.72 Å². The van der Waals surface area contributed by atoms with Crippen LogP contribution >= 0.6 is 11.3 Å². The van der Waals surface area contributed by atoms with Gasteiger partial charge in [0.15, 0.2) is 5.13 Å². The average molecular weight is 383 g/mol. The zero-order chi connectivity index (χ0) is 16.9. The Hall–Kier alpha value is -1.21. The molecule has 0 aliphatic carbocycles. The van der Waals surface area contributed by atoms with Crippen molar-refractivity contribution in [3.8, 4) is 0 Å². The van der Waals surface area contributed by atoms with Gasteiger partial charge in [-0.3, -0.25) is 14.6 Å². The van der Waals surface area contributed by atoms with Crippen molar-refractivity contribution in [2.45, 2.75) is 26.7 Å². The quantitative estimate of drug-likeness (QED) is 0.709. The number of aromatic nitrogens is 1. The molecule has 0 unspecified atom stereocenters. The van der Waals surface area contributed by atoms with Crippen molar-refractivity contribution >= 4 is 32.6 Å². The molecule has 0 atom stereocenters. The van der Waals surface area contributed by atoms with E-state index in [1.165, 1.54) is 0 Å². The molecule has 0 N–H and O–H groups in total. The number of fused-ring (bicyclic) bond motifs is 1. The number of carbonyl (C=O) groups is 1. The number of amides is 1. The van der Waals surface area contributed by atoms with E-state index in [0.29, 0.717) is 13.0 Å². The molecule has 3 rings (SSSR count). The van der Waals surface area contributed by atoms with Crippen molar-refractivity contribution in [2.24, 2.45) is 0 Å². The summed E-state index contributed by atoms with van der Waals surface area (Å²) in [6.07, 6.45) is 1.43. The van der Waals surface area contributed by atoms with E-state index in [-0.39, 0.29) is 18.3 Å². The second kappa shape index (κ2) is 9.48. The summed E-state index contributed by atoms with van der Waals surface area (Å²) in [6, 6.07) is 6.19. The highest BCUT2D eigenvalue weighted by molar-refractivity contribution is 7.22. The van der Waals surface area contributed by atoms with Crippen molar-refractivity contribution in [1.29, 1.82) is 0 Å². The first-order valence-electron chi connectivity index (χ1n) is 8.65. The molecular weight excluding hydrogens is 358 g/mol. The number of thiazole rings is 1. The Balaban J connectivity index is 0.00000225. The number of hydrogen-bond acceptors (Lipinski definition) is 5. The molecule has 1 amide bonds. The Kier molecular flexibility index (Phi) is 7.62. The number of morpholine rings is 1. The highest BCUT2D eigenvalue weighted by Crippen LogP contribution is 2.31. The Labute approximate surface area is 159 Å². The van der Waals surface area contributed by atoms with Gasteiger partial charge in [0.2, 0.25) is 5.91 Å². The molecule has 2 aromatic rings. The van der Waals surface area contributed by atoms with Crippen LogP contribution in [0.25, 0.3) is 10.2 Å². The largest absolute Gasteiger partial charge is 1.00 e. The summed E-state index contributed by atoms with van der Waals surface area (Å²) in [6.45, 7) is 9.11. The lowest BCUT2D eigenvalue weighted by Crippen LogP contribution is -3.00. The number of hydrogen-bond donors (Lipinski definition) is 0. The standard InChI is InChI=1S/C18H25N3O2S.ClH/c1-3-5-16(22)21(9-8-20-10-12-23-13-11-20)18-19-17-14(2)6-4-7-15(17)24-18;/h4,6-7H,3,5,8-13H2,1-2H3;1H/p-1. The maximum Gasteiger partial charge on any atom is 0.228 e. The molecule has 0 spiro atoms. The van der Waals surface area contributed by atoms with Gasteiger partial charge in [0.25, 0.3) is 0 Å². The van der Waals surface area contributed by atoms with Crippen LogP contribution < -0.4 is 17.3 Å². The summed E-state index contributed by atoms with van der Waals surface area (Å²) in [7, 11) is 0. The van der Waals surface area contributed by atoms with E-state index in [1.807, 2.05) is 17.9 Å². The monoisotopic (exact) mass is 382 g/mol. The van der Waals surface area contributed by atoms with Gasteiger partial charge < -0.3 is 17.1 Å². The van der Waals surface area contributed by atoms with Crippen LogP contribution in [-0.4, -0.2) is 55.2 Å². The van der Waals surface area contributed by atoms with Crippen molar-refractivity contribution < 1.29 is 21.9 Å². The van der Waals surface area contributed by atoms with Crippen LogP contribution in [0.5, 0.6) is 0 Å². The third kappa shape index (κ3) is 4.91. The molecule has 1 aromatic carbocycles. The lowest BCUT2D eigenvalue weighted by molar-refractivity contribution is -0.118. The summed E-state index contributed by atoms with van der Waals surface area (Å²) < 4.78 is 6.54. The van der Waals surface area contributed by atoms with Crippen molar-refractivity contribution in [1.82, 2.24) is 9.88 Å². The molecule has 0 saturated carbocycles. The summed E-state index contributed by atoms with van der Waals surface area (Å²) in [4.78, 5) is 21.6. The molecule has 1 fully saturated rings. The van der Waals surface area contributed by atoms with Gasteiger partial charge in [-0.25, -0.2) is 4.98 Å². The molecule has 5 nitrogen and oxygen atoms in total. The first-order chi connectivity index (χ1) is 11.7. The number of aryl methyl sites for hydroxylation is 1. The summed E-state index contributed by atoms with van der Waals surface area (Å²) >= 11 is 1.61. The van der Waals surface area contributed by atoms with E-state index in [2.05, 4.69) is 24.0 Å². The van der Waals surface area contributed by atoms with Gasteiger partial charge in [0, 0.05) is 32.6 Å². The van der Waals surface area contributed by atoms with Gasteiger partial charge in [-0.1, -0.05) is 30.4 Å². The molecular formula is C18H25ClN3O2S-. The number of benzene rings is 1. The van der Waals surface area contributed by atoms with Gasteiger partial charge in [-0.2, -0.15) is 0 Å². The molecule has 1 aliphatic rings. The predicted molar refractivity (Wildman–Crippen MR) is 98.9 cm³/mol. The minimum atomic E-state index is 0. The van der Waals surface area contributed by atoms with Crippen molar-refractivity contribution in [3.05, 3.63) is 23.8 Å². The van der Waals surface area contributed by atoms with Crippen LogP contribution in [-0.2, 0) is 9.53 Å². The number of anilines is 1. The fourth-order valence-electron chi connectivity index (χ4n) is 2.93. The van der Waals surface area contributed by atoms with Crippen LogP contribution in [0, 0.1) is 6.92 Å². The molecule has 25 heavy (non-hydrogen) atoms. The molecule has 1 saturated heterocycles. The maximum atomic E-state index is 12.6. The van der Waals surface area contributed by atoms with Crippen molar-refractivity contribution in [2.75, 3.05) is 44.3 Å².